The van der Waals surface area contributed by atoms with E-state index in [0.717, 1.165) is 0 Å². The van der Waals surface area contributed by atoms with Gasteiger partial charge in [-0.1, -0.05) is 5.21 Å². The van der Waals surface area contributed by atoms with Crippen molar-refractivity contribution in [2.24, 2.45) is 0 Å². The first-order valence-corrected chi connectivity index (χ1v) is 2.27. The van der Waals surface area contributed by atoms with E-state index in [-0.39, 0.29) is 6.54 Å². The molecule has 0 saturated carbocycles. The van der Waals surface area contributed by atoms with Crippen LogP contribution in [0.1, 0.15) is 0 Å². The minimum absolute atomic E-state index is 0.156. The Bertz CT molecular complexity index is 194. The summed E-state index contributed by atoms with van der Waals surface area (Å²) < 4.78 is 1.18. The highest BCUT2D eigenvalue weighted by Gasteiger charge is 1.96. The zero-order chi connectivity index (χ0) is 6.69. The van der Waals surface area contributed by atoms with Gasteiger partial charge in [0, 0.05) is 0 Å². The Morgan fingerprint density at radius 3 is 3.11 bits per heavy atom. The van der Waals surface area contributed by atoms with Gasteiger partial charge in [-0.15, -0.1) is 5.10 Å². The summed E-state index contributed by atoms with van der Waals surface area (Å²) in [5.41, 5.74) is 0. The second-order valence-electron chi connectivity index (χ2n) is 1.44. The molecule has 0 aliphatic heterocycles. The molecule has 0 unspecified atom stereocenters. The molecule has 1 aromatic rings. The molecule has 0 bridgehead atoms. The van der Waals surface area contributed by atoms with Crippen LogP contribution in [-0.2, 0) is 11.3 Å². The molecule has 47 valence electrons. The zero-order valence-corrected chi connectivity index (χ0v) is 4.48. The molecule has 0 fully saturated rings. The zero-order valence-electron chi connectivity index (χ0n) is 4.48. The minimum atomic E-state index is -0.936. The van der Waals surface area contributed by atoms with Crippen LogP contribution in [-0.4, -0.2) is 26.1 Å². The van der Waals surface area contributed by atoms with Crippen molar-refractivity contribution < 1.29 is 9.90 Å². The molecule has 1 heterocycles. The first-order valence-electron chi connectivity index (χ1n) is 2.27. The molecular weight excluding hydrogens is 122 g/mol. The van der Waals surface area contributed by atoms with Crippen molar-refractivity contribution in [3.05, 3.63) is 12.4 Å². The van der Waals surface area contributed by atoms with E-state index in [9.17, 15) is 4.79 Å². The average molecular weight is 126 g/mol. The second-order valence-corrected chi connectivity index (χ2v) is 1.44. The number of carbonyl (C=O) groups is 1. The highest BCUT2D eigenvalue weighted by atomic mass is 16.4. The van der Waals surface area contributed by atoms with Crippen molar-refractivity contribution in [3.8, 4) is 0 Å². The fourth-order valence-electron chi connectivity index (χ4n) is 0.417. The molecule has 1 radical (unpaired) electrons. The van der Waals surface area contributed by atoms with Gasteiger partial charge in [0.2, 0.25) is 0 Å². The normalized spacial score (nSPS) is 9.33. The first kappa shape index (κ1) is 5.74. The molecule has 9 heavy (non-hydrogen) atoms. The third-order valence-electron chi connectivity index (χ3n) is 0.721. The van der Waals surface area contributed by atoms with Gasteiger partial charge in [-0.2, -0.15) is 0 Å². The van der Waals surface area contributed by atoms with Crippen molar-refractivity contribution in [3.63, 3.8) is 0 Å². The van der Waals surface area contributed by atoms with E-state index < -0.39 is 5.97 Å². The maximum Gasteiger partial charge on any atom is 0.325 e. The number of carboxylic acid groups (broad SMARTS) is 1. The lowest BCUT2D eigenvalue weighted by atomic mass is 10.7. The molecule has 0 aromatic carbocycles. The average Bonchev–Trinajstić information content (AvgIpc) is 2.15. The fraction of sp³-hybridized carbons (Fsp3) is 0.250. The smallest absolute Gasteiger partial charge is 0.325 e. The highest BCUT2D eigenvalue weighted by molar-refractivity contribution is 5.66. The van der Waals surface area contributed by atoms with Crippen LogP contribution in [0.3, 0.4) is 0 Å². The molecular formula is C4H4N3O2. The van der Waals surface area contributed by atoms with Crippen LogP contribution in [0.15, 0.2) is 6.20 Å². The van der Waals surface area contributed by atoms with E-state index >= 15 is 0 Å². The molecule has 0 atom stereocenters. The van der Waals surface area contributed by atoms with Gasteiger partial charge in [0.1, 0.15) is 12.7 Å². The van der Waals surface area contributed by atoms with E-state index in [1.165, 1.54) is 10.9 Å². The molecule has 1 aromatic heterocycles. The Hall–Kier alpha value is -1.39. The Kier molecular flexibility index (Phi) is 1.44. The number of nitrogens with zero attached hydrogens (tertiary/aromatic N) is 3. The first-order chi connectivity index (χ1) is 4.29. The maximum absolute atomic E-state index is 9.96. The molecule has 1 rings (SSSR count). The lowest BCUT2D eigenvalue weighted by Crippen LogP contribution is -2.08. The summed E-state index contributed by atoms with van der Waals surface area (Å²) in [6, 6.07) is 0. The Morgan fingerprint density at radius 1 is 1.89 bits per heavy atom. The van der Waals surface area contributed by atoms with Crippen LogP contribution in [0.25, 0.3) is 0 Å². The fourth-order valence-corrected chi connectivity index (χ4v) is 0.417. The van der Waals surface area contributed by atoms with Crippen molar-refractivity contribution in [2.45, 2.75) is 6.54 Å². The second kappa shape index (κ2) is 2.25. The molecule has 0 saturated heterocycles. The van der Waals surface area contributed by atoms with E-state index in [0.29, 0.717) is 0 Å². The van der Waals surface area contributed by atoms with Crippen molar-refractivity contribution in [2.75, 3.05) is 0 Å². The SMILES string of the molecule is O=C(O)Cn1c[c]nn1. The Morgan fingerprint density at radius 2 is 2.67 bits per heavy atom. The largest absolute Gasteiger partial charge is 0.480 e. The quantitative estimate of drug-likeness (QED) is 0.561. The lowest BCUT2D eigenvalue weighted by molar-refractivity contribution is -0.137. The van der Waals surface area contributed by atoms with Gasteiger partial charge >= 0.3 is 5.97 Å². The Labute approximate surface area is 50.9 Å². The molecule has 1 N–H and O–H groups in total. The minimum Gasteiger partial charge on any atom is -0.480 e. The topological polar surface area (TPSA) is 68.0 Å². The predicted molar refractivity (Wildman–Crippen MR) is 26.5 cm³/mol. The third-order valence-corrected chi connectivity index (χ3v) is 0.721. The van der Waals surface area contributed by atoms with E-state index in [1.54, 1.807) is 0 Å². The van der Waals surface area contributed by atoms with Crippen molar-refractivity contribution in [1.29, 1.82) is 0 Å². The van der Waals surface area contributed by atoms with E-state index in [1.807, 2.05) is 0 Å². The van der Waals surface area contributed by atoms with Gasteiger partial charge < -0.3 is 5.11 Å². The maximum atomic E-state index is 9.96. The van der Waals surface area contributed by atoms with E-state index in [4.69, 9.17) is 5.11 Å². The van der Waals surface area contributed by atoms with Gasteiger partial charge in [-0.3, -0.25) is 4.79 Å². The summed E-state index contributed by atoms with van der Waals surface area (Å²) in [4.78, 5) is 9.96. The molecule has 5 nitrogen and oxygen atoms in total. The molecule has 0 spiro atoms. The van der Waals surface area contributed by atoms with Crippen LogP contribution >= 0.6 is 0 Å². The summed E-state index contributed by atoms with van der Waals surface area (Å²) in [7, 11) is 0. The van der Waals surface area contributed by atoms with Crippen LogP contribution < -0.4 is 0 Å². The summed E-state index contributed by atoms with van der Waals surface area (Å²) in [6.45, 7) is -0.156. The Balaban J connectivity index is 2.58. The van der Waals surface area contributed by atoms with Crippen LogP contribution in [0.4, 0.5) is 0 Å². The molecule has 5 heteroatoms. The van der Waals surface area contributed by atoms with Crippen LogP contribution in [0, 0.1) is 6.20 Å². The van der Waals surface area contributed by atoms with E-state index in [2.05, 4.69) is 16.5 Å². The van der Waals surface area contributed by atoms with Gasteiger partial charge in [0.15, 0.2) is 0 Å². The summed E-state index contributed by atoms with van der Waals surface area (Å²) in [5.74, 6) is -0.936. The standard InChI is InChI=1S/C4H4N3O2/c8-4(9)3-7-2-1-5-6-7/h2H,3H2,(H,8,9). The molecule has 0 amide bonds. The number of hydrogen-bond acceptors (Lipinski definition) is 3. The van der Waals surface area contributed by atoms with Gasteiger partial charge in [0.25, 0.3) is 0 Å². The number of rotatable bonds is 2. The molecule has 0 aliphatic carbocycles. The van der Waals surface area contributed by atoms with Crippen molar-refractivity contribution >= 4 is 5.97 Å². The number of carboxylic acids is 1. The number of hydrogen-bond donors (Lipinski definition) is 1. The summed E-state index contributed by atoms with van der Waals surface area (Å²) in [5, 5.41) is 14.9. The van der Waals surface area contributed by atoms with Gasteiger partial charge in [-0.05, 0) is 0 Å². The predicted octanol–water partition coefficient (Wildman–Crippen LogP) is -0.837. The van der Waals surface area contributed by atoms with Crippen LogP contribution in [0.2, 0.25) is 0 Å². The highest BCUT2D eigenvalue weighted by Crippen LogP contribution is 1.77. The summed E-state index contributed by atoms with van der Waals surface area (Å²) >= 11 is 0. The lowest BCUT2D eigenvalue weighted by Gasteiger charge is -1.89. The number of aliphatic carboxylic acids is 1. The molecule has 0 aliphatic rings. The van der Waals surface area contributed by atoms with Gasteiger partial charge in [-0.25, -0.2) is 4.68 Å². The number of aromatic nitrogens is 3. The third kappa shape index (κ3) is 1.52. The van der Waals surface area contributed by atoms with Gasteiger partial charge in [0.05, 0.1) is 6.20 Å². The monoisotopic (exact) mass is 126 g/mol. The summed E-state index contributed by atoms with van der Waals surface area (Å²) in [6.07, 6.45) is 3.74. The van der Waals surface area contributed by atoms with Crippen LogP contribution in [0.5, 0.6) is 0 Å². The van der Waals surface area contributed by atoms with Crippen molar-refractivity contribution in [1.82, 2.24) is 15.0 Å².